The summed E-state index contributed by atoms with van der Waals surface area (Å²) < 4.78 is 1.02. The number of phenolic OH excluding ortho intramolecular Hbond substituents is 1. The lowest BCUT2D eigenvalue weighted by molar-refractivity contribution is 0.0978. The third-order valence-electron chi connectivity index (χ3n) is 4.51. The highest BCUT2D eigenvalue weighted by molar-refractivity contribution is 7.80. The Bertz CT molecular complexity index is 1300. The summed E-state index contributed by atoms with van der Waals surface area (Å²) in [6.07, 6.45) is 0. The Balaban J connectivity index is 1.58. The number of fused-ring (bicyclic) bond motifs is 1. The molecule has 3 aromatic carbocycles. The first-order valence-corrected chi connectivity index (χ1v) is 11.1. The Kier molecular flexibility index (Phi) is 6.11. The number of aryl methyl sites for hydroxylation is 1. The molecule has 0 saturated carbocycles. The van der Waals surface area contributed by atoms with Gasteiger partial charge in [-0.15, -0.1) is 11.3 Å². The van der Waals surface area contributed by atoms with Crippen LogP contribution in [-0.2, 0) is 0 Å². The fourth-order valence-electron chi connectivity index (χ4n) is 3.01. The molecule has 0 radical (unpaired) electrons. The Morgan fingerprint density at radius 3 is 2.68 bits per heavy atom. The lowest BCUT2D eigenvalue weighted by atomic mass is 10.1. The van der Waals surface area contributed by atoms with Crippen molar-refractivity contribution < 1.29 is 9.90 Å². The molecule has 3 N–H and O–H groups in total. The van der Waals surface area contributed by atoms with E-state index in [2.05, 4.69) is 15.6 Å². The number of phenols is 1. The number of thiazole rings is 1. The third kappa shape index (κ3) is 4.50. The molecule has 5 nitrogen and oxygen atoms in total. The summed E-state index contributed by atoms with van der Waals surface area (Å²) in [4.78, 5) is 17.1. The van der Waals surface area contributed by atoms with E-state index in [1.807, 2.05) is 24.3 Å². The number of rotatable bonds is 3. The molecular formula is C22H15Cl2N3O2S2. The van der Waals surface area contributed by atoms with Gasteiger partial charge in [0.05, 0.1) is 31.4 Å². The molecule has 1 amide bonds. The number of amides is 1. The van der Waals surface area contributed by atoms with Crippen LogP contribution in [0.2, 0.25) is 10.0 Å². The minimum absolute atomic E-state index is 0.0846. The molecule has 0 aliphatic rings. The number of hydrogen-bond acceptors (Lipinski definition) is 5. The Hall–Kier alpha value is -2.71. The van der Waals surface area contributed by atoms with Gasteiger partial charge in [-0.05, 0) is 61.1 Å². The van der Waals surface area contributed by atoms with E-state index in [4.69, 9.17) is 35.4 Å². The second-order valence-electron chi connectivity index (χ2n) is 6.69. The summed E-state index contributed by atoms with van der Waals surface area (Å²) in [6, 6.07) is 16.0. The second kappa shape index (κ2) is 8.80. The smallest absolute Gasteiger partial charge is 0.258 e. The van der Waals surface area contributed by atoms with Crippen LogP contribution in [0.25, 0.3) is 20.8 Å². The van der Waals surface area contributed by atoms with E-state index in [-0.39, 0.29) is 26.5 Å². The SMILES string of the molecule is Cc1cc(NC(=S)NC(=O)c2cccc(Cl)c2Cl)cc(-c2nc3ccccc3s2)c1O. The summed E-state index contributed by atoms with van der Waals surface area (Å²) in [5.74, 6) is -0.336. The van der Waals surface area contributed by atoms with E-state index in [0.29, 0.717) is 21.8 Å². The average molecular weight is 488 g/mol. The van der Waals surface area contributed by atoms with Gasteiger partial charge < -0.3 is 10.4 Å². The van der Waals surface area contributed by atoms with Crippen molar-refractivity contribution in [2.75, 3.05) is 5.32 Å². The molecular weight excluding hydrogens is 473 g/mol. The molecule has 0 saturated heterocycles. The predicted octanol–water partition coefficient (Wildman–Crippen LogP) is 6.41. The van der Waals surface area contributed by atoms with Crippen LogP contribution >= 0.6 is 46.8 Å². The maximum atomic E-state index is 12.5. The highest BCUT2D eigenvalue weighted by Crippen LogP contribution is 2.38. The van der Waals surface area contributed by atoms with E-state index in [1.54, 1.807) is 37.3 Å². The van der Waals surface area contributed by atoms with Crippen molar-refractivity contribution in [2.45, 2.75) is 6.92 Å². The minimum atomic E-state index is -0.480. The molecule has 1 aromatic heterocycles. The van der Waals surface area contributed by atoms with E-state index >= 15 is 0 Å². The number of nitrogens with zero attached hydrogens (tertiary/aromatic N) is 1. The molecule has 0 atom stereocenters. The normalized spacial score (nSPS) is 10.8. The van der Waals surface area contributed by atoms with Gasteiger partial charge in [-0.2, -0.15) is 0 Å². The zero-order valence-corrected chi connectivity index (χ0v) is 19.2. The molecule has 0 aliphatic heterocycles. The zero-order chi connectivity index (χ0) is 22.1. The zero-order valence-electron chi connectivity index (χ0n) is 16.1. The van der Waals surface area contributed by atoms with Crippen LogP contribution in [0.5, 0.6) is 5.75 Å². The van der Waals surface area contributed by atoms with Gasteiger partial charge in [0.1, 0.15) is 10.8 Å². The van der Waals surface area contributed by atoms with Crippen LogP contribution in [0, 0.1) is 6.92 Å². The van der Waals surface area contributed by atoms with Crippen LogP contribution in [0.1, 0.15) is 15.9 Å². The fraction of sp³-hybridized carbons (Fsp3) is 0.0455. The van der Waals surface area contributed by atoms with Crippen molar-refractivity contribution in [3.05, 3.63) is 75.8 Å². The van der Waals surface area contributed by atoms with Gasteiger partial charge in [0.15, 0.2) is 5.11 Å². The lowest BCUT2D eigenvalue weighted by Gasteiger charge is -2.13. The Labute approximate surface area is 197 Å². The molecule has 9 heteroatoms. The molecule has 4 rings (SSSR count). The monoisotopic (exact) mass is 487 g/mol. The van der Waals surface area contributed by atoms with Crippen molar-refractivity contribution in [1.29, 1.82) is 0 Å². The molecule has 0 unspecified atom stereocenters. The number of thiocarbonyl (C=S) groups is 1. The van der Waals surface area contributed by atoms with Crippen molar-refractivity contribution in [1.82, 2.24) is 10.3 Å². The molecule has 0 bridgehead atoms. The summed E-state index contributed by atoms with van der Waals surface area (Å²) in [5, 5.41) is 17.4. The molecule has 156 valence electrons. The Morgan fingerprint density at radius 1 is 1.13 bits per heavy atom. The van der Waals surface area contributed by atoms with Crippen LogP contribution in [0.4, 0.5) is 5.69 Å². The van der Waals surface area contributed by atoms with E-state index < -0.39 is 5.91 Å². The number of carbonyl (C=O) groups excluding carboxylic acids is 1. The summed E-state index contributed by atoms with van der Waals surface area (Å²) in [5.41, 5.74) is 2.91. The highest BCUT2D eigenvalue weighted by atomic mass is 35.5. The molecule has 4 aromatic rings. The van der Waals surface area contributed by atoms with Crippen molar-refractivity contribution in [3.8, 4) is 16.3 Å². The average Bonchev–Trinajstić information content (AvgIpc) is 3.16. The van der Waals surface area contributed by atoms with Crippen LogP contribution in [0.3, 0.4) is 0 Å². The maximum absolute atomic E-state index is 12.5. The van der Waals surface area contributed by atoms with E-state index in [0.717, 1.165) is 10.2 Å². The molecule has 1 heterocycles. The van der Waals surface area contributed by atoms with Crippen molar-refractivity contribution in [3.63, 3.8) is 0 Å². The van der Waals surface area contributed by atoms with Crippen LogP contribution in [-0.4, -0.2) is 21.1 Å². The number of halogens is 2. The van der Waals surface area contributed by atoms with Gasteiger partial charge in [-0.3, -0.25) is 10.1 Å². The van der Waals surface area contributed by atoms with Crippen LogP contribution < -0.4 is 10.6 Å². The first-order chi connectivity index (χ1) is 14.8. The number of benzene rings is 3. The predicted molar refractivity (Wildman–Crippen MR) is 132 cm³/mol. The van der Waals surface area contributed by atoms with Gasteiger partial charge >= 0.3 is 0 Å². The van der Waals surface area contributed by atoms with E-state index in [9.17, 15) is 9.90 Å². The molecule has 31 heavy (non-hydrogen) atoms. The van der Waals surface area contributed by atoms with Gasteiger partial charge in [0.25, 0.3) is 5.91 Å². The maximum Gasteiger partial charge on any atom is 0.258 e. The first kappa shape index (κ1) is 21.5. The third-order valence-corrected chi connectivity index (χ3v) is 6.60. The van der Waals surface area contributed by atoms with Crippen LogP contribution in [0.15, 0.2) is 54.6 Å². The molecule has 0 aliphatic carbocycles. The standard InChI is InChI=1S/C22H15Cl2N3O2S2/c1-11-9-12(25-22(30)27-20(29)13-5-4-6-15(23)18(13)24)10-14(19(11)28)21-26-16-7-2-3-8-17(16)31-21/h2-10,28H,1H3,(H2,25,27,29,30). The first-order valence-electron chi connectivity index (χ1n) is 9.09. The number of para-hydroxylation sites is 1. The second-order valence-corrected chi connectivity index (χ2v) is 8.91. The van der Waals surface area contributed by atoms with E-state index in [1.165, 1.54) is 11.3 Å². The number of anilines is 1. The minimum Gasteiger partial charge on any atom is -0.507 e. The molecule has 0 fully saturated rings. The summed E-state index contributed by atoms with van der Waals surface area (Å²) in [6.45, 7) is 1.78. The number of aromatic hydroxyl groups is 1. The highest BCUT2D eigenvalue weighted by Gasteiger charge is 2.16. The lowest BCUT2D eigenvalue weighted by Crippen LogP contribution is -2.34. The number of carbonyl (C=O) groups is 1. The molecule has 0 spiro atoms. The number of nitrogens with one attached hydrogen (secondary N) is 2. The number of hydrogen-bond donors (Lipinski definition) is 3. The van der Waals surface area contributed by atoms with Gasteiger partial charge in [-0.1, -0.05) is 41.4 Å². The van der Waals surface area contributed by atoms with Crippen molar-refractivity contribution >= 4 is 73.7 Å². The van der Waals surface area contributed by atoms with Gasteiger partial charge in [-0.25, -0.2) is 4.98 Å². The quantitative estimate of drug-likeness (QED) is 0.230. The number of aromatic nitrogens is 1. The largest absolute Gasteiger partial charge is 0.507 e. The fourth-order valence-corrected chi connectivity index (χ4v) is 4.59. The summed E-state index contributed by atoms with van der Waals surface area (Å²) in [7, 11) is 0. The Morgan fingerprint density at radius 2 is 1.90 bits per heavy atom. The topological polar surface area (TPSA) is 74.2 Å². The van der Waals surface area contributed by atoms with Crippen molar-refractivity contribution in [2.24, 2.45) is 0 Å². The van der Waals surface area contributed by atoms with Gasteiger partial charge in [0, 0.05) is 5.69 Å². The van der Waals surface area contributed by atoms with Gasteiger partial charge in [0.2, 0.25) is 0 Å². The summed E-state index contributed by atoms with van der Waals surface area (Å²) >= 11 is 18.8.